The molecule has 0 saturated heterocycles. The SMILES string of the molecule is CCCCc1c(C)nc2cc(C)nn2c1N. The zero-order valence-electron chi connectivity index (χ0n) is 10.1. The molecule has 0 aliphatic carbocycles. The Bertz CT molecular complexity index is 513. The summed E-state index contributed by atoms with van der Waals surface area (Å²) in [5.41, 5.74) is 10.1. The normalized spacial score (nSPS) is 11.2. The van der Waals surface area contributed by atoms with E-state index in [2.05, 4.69) is 17.0 Å². The van der Waals surface area contributed by atoms with E-state index in [1.807, 2.05) is 19.9 Å². The summed E-state index contributed by atoms with van der Waals surface area (Å²) >= 11 is 0. The minimum absolute atomic E-state index is 0.740. The average molecular weight is 218 g/mol. The Kier molecular flexibility index (Phi) is 2.81. The summed E-state index contributed by atoms with van der Waals surface area (Å²) in [6, 6.07) is 1.95. The Hall–Kier alpha value is -1.58. The van der Waals surface area contributed by atoms with Crippen molar-refractivity contribution in [1.82, 2.24) is 14.6 Å². The number of aryl methyl sites for hydroxylation is 2. The van der Waals surface area contributed by atoms with Crippen molar-refractivity contribution in [3.8, 4) is 0 Å². The van der Waals surface area contributed by atoms with Crippen molar-refractivity contribution in [3.05, 3.63) is 23.0 Å². The lowest BCUT2D eigenvalue weighted by Crippen LogP contribution is -2.08. The summed E-state index contributed by atoms with van der Waals surface area (Å²) in [5, 5.41) is 4.35. The van der Waals surface area contributed by atoms with Crippen LogP contribution >= 0.6 is 0 Å². The van der Waals surface area contributed by atoms with Crippen LogP contribution in [0.15, 0.2) is 6.07 Å². The molecule has 0 amide bonds. The van der Waals surface area contributed by atoms with Gasteiger partial charge in [0.15, 0.2) is 5.65 Å². The van der Waals surface area contributed by atoms with Crippen molar-refractivity contribution in [1.29, 1.82) is 0 Å². The molecule has 0 radical (unpaired) electrons. The molecule has 0 atom stereocenters. The van der Waals surface area contributed by atoms with Crippen molar-refractivity contribution < 1.29 is 0 Å². The fourth-order valence-corrected chi connectivity index (χ4v) is 1.96. The van der Waals surface area contributed by atoms with Gasteiger partial charge in [-0.05, 0) is 26.7 Å². The van der Waals surface area contributed by atoms with E-state index in [0.717, 1.165) is 47.7 Å². The number of nitrogen functional groups attached to an aromatic ring is 1. The van der Waals surface area contributed by atoms with Crippen molar-refractivity contribution in [2.45, 2.75) is 40.0 Å². The van der Waals surface area contributed by atoms with E-state index < -0.39 is 0 Å². The van der Waals surface area contributed by atoms with Crippen LogP contribution in [0.5, 0.6) is 0 Å². The second-order valence-corrected chi connectivity index (χ2v) is 4.22. The van der Waals surface area contributed by atoms with E-state index in [4.69, 9.17) is 5.73 Å². The van der Waals surface area contributed by atoms with Gasteiger partial charge in [-0.2, -0.15) is 9.61 Å². The van der Waals surface area contributed by atoms with E-state index in [0.29, 0.717) is 0 Å². The fraction of sp³-hybridized carbons (Fsp3) is 0.500. The molecule has 2 rings (SSSR count). The predicted molar refractivity (Wildman–Crippen MR) is 65.5 cm³/mol. The number of anilines is 1. The fourth-order valence-electron chi connectivity index (χ4n) is 1.96. The molecule has 2 N–H and O–H groups in total. The van der Waals surface area contributed by atoms with E-state index in [-0.39, 0.29) is 0 Å². The van der Waals surface area contributed by atoms with Gasteiger partial charge in [0.1, 0.15) is 5.82 Å². The van der Waals surface area contributed by atoms with Crippen LogP contribution in [-0.4, -0.2) is 14.6 Å². The molecule has 0 spiro atoms. The third kappa shape index (κ3) is 1.75. The van der Waals surface area contributed by atoms with Gasteiger partial charge in [-0.3, -0.25) is 0 Å². The van der Waals surface area contributed by atoms with Gasteiger partial charge in [0.2, 0.25) is 0 Å². The van der Waals surface area contributed by atoms with Gasteiger partial charge in [0.05, 0.1) is 5.69 Å². The van der Waals surface area contributed by atoms with Crippen LogP contribution in [0.1, 0.15) is 36.7 Å². The summed E-state index contributed by atoms with van der Waals surface area (Å²) < 4.78 is 1.74. The summed E-state index contributed by atoms with van der Waals surface area (Å²) in [5.74, 6) is 0.740. The lowest BCUT2D eigenvalue weighted by molar-refractivity contribution is 0.776. The third-order valence-corrected chi connectivity index (χ3v) is 2.85. The monoisotopic (exact) mass is 218 g/mol. The van der Waals surface area contributed by atoms with Gasteiger partial charge in [-0.25, -0.2) is 4.98 Å². The van der Waals surface area contributed by atoms with Crippen LogP contribution in [-0.2, 0) is 6.42 Å². The number of aromatic nitrogens is 3. The van der Waals surface area contributed by atoms with Gasteiger partial charge >= 0.3 is 0 Å². The van der Waals surface area contributed by atoms with Gasteiger partial charge in [0, 0.05) is 17.3 Å². The van der Waals surface area contributed by atoms with Crippen LogP contribution in [0.3, 0.4) is 0 Å². The number of unbranched alkanes of at least 4 members (excludes halogenated alkanes) is 1. The largest absolute Gasteiger partial charge is 0.383 e. The number of fused-ring (bicyclic) bond motifs is 1. The topological polar surface area (TPSA) is 56.2 Å². The Balaban J connectivity index is 2.56. The Morgan fingerprint density at radius 1 is 1.38 bits per heavy atom. The first-order valence-corrected chi connectivity index (χ1v) is 5.74. The molecule has 0 aromatic carbocycles. The standard InChI is InChI=1S/C12H18N4/c1-4-5-6-10-9(3)14-11-7-8(2)15-16(11)12(10)13/h7H,4-6,13H2,1-3H3. The second kappa shape index (κ2) is 4.12. The van der Waals surface area contributed by atoms with Gasteiger partial charge in [0.25, 0.3) is 0 Å². The summed E-state index contributed by atoms with van der Waals surface area (Å²) in [4.78, 5) is 4.53. The van der Waals surface area contributed by atoms with E-state index in [9.17, 15) is 0 Å². The van der Waals surface area contributed by atoms with Crippen LogP contribution in [0.25, 0.3) is 5.65 Å². The van der Waals surface area contributed by atoms with Crippen molar-refractivity contribution >= 4 is 11.5 Å². The maximum Gasteiger partial charge on any atom is 0.157 e. The van der Waals surface area contributed by atoms with Crippen LogP contribution < -0.4 is 5.73 Å². The highest BCUT2D eigenvalue weighted by atomic mass is 15.3. The maximum absolute atomic E-state index is 6.13. The molecule has 0 aliphatic heterocycles. The smallest absolute Gasteiger partial charge is 0.157 e. The van der Waals surface area contributed by atoms with Crippen LogP contribution in [0, 0.1) is 13.8 Å². The number of hydrogen-bond donors (Lipinski definition) is 1. The number of hydrogen-bond acceptors (Lipinski definition) is 3. The Morgan fingerprint density at radius 2 is 2.12 bits per heavy atom. The molecule has 0 saturated carbocycles. The quantitative estimate of drug-likeness (QED) is 0.859. The third-order valence-electron chi connectivity index (χ3n) is 2.85. The Morgan fingerprint density at radius 3 is 2.81 bits per heavy atom. The highest BCUT2D eigenvalue weighted by molar-refractivity contribution is 5.53. The molecule has 4 nitrogen and oxygen atoms in total. The predicted octanol–water partition coefficient (Wildman–Crippen LogP) is 2.27. The molecule has 0 aliphatic rings. The molecule has 86 valence electrons. The van der Waals surface area contributed by atoms with Gasteiger partial charge < -0.3 is 5.73 Å². The minimum atomic E-state index is 0.740. The zero-order valence-corrected chi connectivity index (χ0v) is 10.1. The summed E-state index contributed by atoms with van der Waals surface area (Å²) in [6.07, 6.45) is 3.28. The highest BCUT2D eigenvalue weighted by Crippen LogP contribution is 2.19. The lowest BCUT2D eigenvalue weighted by atomic mass is 10.1. The van der Waals surface area contributed by atoms with Gasteiger partial charge in [-0.1, -0.05) is 13.3 Å². The van der Waals surface area contributed by atoms with Crippen molar-refractivity contribution in [2.24, 2.45) is 0 Å². The first-order chi connectivity index (χ1) is 7.63. The summed E-state index contributed by atoms with van der Waals surface area (Å²) in [7, 11) is 0. The van der Waals surface area contributed by atoms with Crippen molar-refractivity contribution in [3.63, 3.8) is 0 Å². The second-order valence-electron chi connectivity index (χ2n) is 4.22. The molecule has 2 aromatic rings. The molecule has 4 heteroatoms. The van der Waals surface area contributed by atoms with Crippen LogP contribution in [0.4, 0.5) is 5.82 Å². The molecular formula is C12H18N4. The average Bonchev–Trinajstić information content (AvgIpc) is 2.59. The molecule has 16 heavy (non-hydrogen) atoms. The minimum Gasteiger partial charge on any atom is -0.383 e. The molecule has 0 bridgehead atoms. The molecule has 2 heterocycles. The molecule has 0 fully saturated rings. The van der Waals surface area contributed by atoms with Gasteiger partial charge in [-0.15, -0.1) is 0 Å². The lowest BCUT2D eigenvalue weighted by Gasteiger charge is -2.09. The van der Waals surface area contributed by atoms with Crippen LogP contribution in [0.2, 0.25) is 0 Å². The summed E-state index contributed by atoms with van der Waals surface area (Å²) in [6.45, 7) is 6.15. The zero-order chi connectivity index (χ0) is 11.7. The van der Waals surface area contributed by atoms with Crippen molar-refractivity contribution in [2.75, 3.05) is 5.73 Å². The highest BCUT2D eigenvalue weighted by Gasteiger charge is 2.11. The molecule has 2 aromatic heterocycles. The number of nitrogens with zero attached hydrogens (tertiary/aromatic N) is 3. The van der Waals surface area contributed by atoms with E-state index in [1.54, 1.807) is 4.52 Å². The van der Waals surface area contributed by atoms with E-state index in [1.165, 1.54) is 0 Å². The first kappa shape index (κ1) is 10.9. The van der Waals surface area contributed by atoms with E-state index >= 15 is 0 Å². The molecular weight excluding hydrogens is 200 g/mol. The maximum atomic E-state index is 6.13. The molecule has 0 unspecified atom stereocenters. The number of rotatable bonds is 3. The number of nitrogens with two attached hydrogens (primary N) is 1. The Labute approximate surface area is 95.5 Å². The first-order valence-electron chi connectivity index (χ1n) is 5.74.